The molecule has 0 bridgehead atoms. The van der Waals surface area contributed by atoms with Gasteiger partial charge in [-0.2, -0.15) is 11.8 Å². The van der Waals surface area contributed by atoms with E-state index in [1.54, 1.807) is 6.07 Å². The van der Waals surface area contributed by atoms with Crippen LogP contribution in [0.5, 0.6) is 0 Å². The molecule has 0 amide bonds. The Balaban J connectivity index is 1.81. The molecular weight excluding hydrogens is 321 g/mol. The SMILES string of the molecule is O=C1CCSC[C@@H]1[C@H]1c2ccccc2CCN1c1ccccc1F. The normalized spacial score (nSPS) is 23.9. The van der Waals surface area contributed by atoms with Gasteiger partial charge in [-0.15, -0.1) is 0 Å². The highest BCUT2D eigenvalue weighted by molar-refractivity contribution is 7.99. The molecule has 24 heavy (non-hydrogen) atoms. The summed E-state index contributed by atoms with van der Waals surface area (Å²) in [6, 6.07) is 15.2. The standard InChI is InChI=1S/C20H20FNOS/c21-17-7-3-4-8-18(17)22-11-9-14-5-1-2-6-15(14)20(22)16-13-24-12-10-19(16)23/h1-8,16,20H,9-13H2/t16-,20+/m0/s1. The van der Waals surface area contributed by atoms with Gasteiger partial charge in [-0.1, -0.05) is 36.4 Å². The summed E-state index contributed by atoms with van der Waals surface area (Å²) in [4.78, 5) is 14.7. The molecule has 1 fully saturated rings. The third-order valence-electron chi connectivity index (χ3n) is 5.08. The number of nitrogens with zero attached hydrogens (tertiary/aromatic N) is 1. The van der Waals surface area contributed by atoms with E-state index < -0.39 is 0 Å². The van der Waals surface area contributed by atoms with Crippen LogP contribution in [0.15, 0.2) is 48.5 Å². The van der Waals surface area contributed by atoms with E-state index in [9.17, 15) is 9.18 Å². The summed E-state index contributed by atoms with van der Waals surface area (Å²) >= 11 is 1.84. The van der Waals surface area contributed by atoms with Crippen LogP contribution < -0.4 is 4.90 Å². The molecule has 0 saturated carbocycles. The number of anilines is 1. The van der Waals surface area contributed by atoms with Crippen molar-refractivity contribution in [2.45, 2.75) is 18.9 Å². The van der Waals surface area contributed by atoms with Gasteiger partial charge in [-0.05, 0) is 29.7 Å². The maximum atomic E-state index is 14.5. The monoisotopic (exact) mass is 341 g/mol. The fraction of sp³-hybridized carbons (Fsp3) is 0.350. The second-order valence-corrected chi connectivity index (χ2v) is 7.59. The molecule has 4 rings (SSSR count). The Hall–Kier alpha value is -1.81. The van der Waals surface area contributed by atoms with Crippen LogP contribution in [0.25, 0.3) is 0 Å². The topological polar surface area (TPSA) is 20.3 Å². The van der Waals surface area contributed by atoms with E-state index >= 15 is 0 Å². The molecule has 0 spiro atoms. The molecule has 2 atom stereocenters. The molecule has 0 aliphatic carbocycles. The smallest absolute Gasteiger partial charge is 0.146 e. The van der Waals surface area contributed by atoms with E-state index in [1.165, 1.54) is 17.2 Å². The predicted octanol–water partition coefficient (Wildman–Crippen LogP) is 4.25. The van der Waals surface area contributed by atoms with Gasteiger partial charge in [-0.25, -0.2) is 4.39 Å². The quantitative estimate of drug-likeness (QED) is 0.814. The third kappa shape index (κ3) is 2.73. The fourth-order valence-electron chi connectivity index (χ4n) is 3.92. The average molecular weight is 341 g/mol. The zero-order valence-corrected chi connectivity index (χ0v) is 14.3. The van der Waals surface area contributed by atoms with Gasteiger partial charge in [-0.3, -0.25) is 4.79 Å². The fourth-order valence-corrected chi connectivity index (χ4v) is 5.05. The second kappa shape index (κ2) is 6.60. The molecule has 2 aromatic rings. The predicted molar refractivity (Wildman–Crippen MR) is 97.1 cm³/mol. The Morgan fingerprint density at radius 2 is 1.83 bits per heavy atom. The van der Waals surface area contributed by atoms with Crippen molar-refractivity contribution in [2.24, 2.45) is 5.92 Å². The van der Waals surface area contributed by atoms with Crippen molar-refractivity contribution in [1.82, 2.24) is 0 Å². The van der Waals surface area contributed by atoms with Gasteiger partial charge in [0.2, 0.25) is 0 Å². The van der Waals surface area contributed by atoms with Crippen molar-refractivity contribution >= 4 is 23.2 Å². The highest BCUT2D eigenvalue weighted by atomic mass is 32.2. The molecule has 2 heterocycles. The van der Waals surface area contributed by atoms with Gasteiger partial charge >= 0.3 is 0 Å². The molecular formula is C20H20FNOS. The van der Waals surface area contributed by atoms with Gasteiger partial charge in [0.1, 0.15) is 11.6 Å². The number of carbonyl (C=O) groups is 1. The van der Waals surface area contributed by atoms with E-state index in [4.69, 9.17) is 0 Å². The first-order chi connectivity index (χ1) is 11.8. The van der Waals surface area contributed by atoms with Gasteiger partial charge in [0.25, 0.3) is 0 Å². The van der Waals surface area contributed by atoms with E-state index in [-0.39, 0.29) is 17.8 Å². The van der Waals surface area contributed by atoms with Crippen molar-refractivity contribution in [3.63, 3.8) is 0 Å². The van der Waals surface area contributed by atoms with Gasteiger partial charge in [0.15, 0.2) is 0 Å². The number of rotatable bonds is 2. The molecule has 2 aliphatic rings. The number of carbonyl (C=O) groups excluding carboxylic acids is 1. The summed E-state index contributed by atoms with van der Waals surface area (Å²) in [6.07, 6.45) is 1.51. The highest BCUT2D eigenvalue weighted by Gasteiger charge is 2.39. The number of thioether (sulfide) groups is 1. The van der Waals surface area contributed by atoms with E-state index in [0.717, 1.165) is 24.5 Å². The van der Waals surface area contributed by atoms with Gasteiger partial charge in [0, 0.05) is 24.5 Å². The molecule has 2 aliphatic heterocycles. The van der Waals surface area contributed by atoms with E-state index in [1.807, 2.05) is 36.0 Å². The highest BCUT2D eigenvalue weighted by Crippen LogP contribution is 2.42. The van der Waals surface area contributed by atoms with Crippen LogP contribution in [0, 0.1) is 11.7 Å². The summed E-state index contributed by atoms with van der Waals surface area (Å²) in [5, 5.41) is 0. The summed E-state index contributed by atoms with van der Waals surface area (Å²) in [6.45, 7) is 0.747. The van der Waals surface area contributed by atoms with Crippen LogP contribution in [0.2, 0.25) is 0 Å². The van der Waals surface area contributed by atoms with Crippen LogP contribution >= 0.6 is 11.8 Å². The molecule has 1 saturated heterocycles. The number of hydrogen-bond acceptors (Lipinski definition) is 3. The summed E-state index contributed by atoms with van der Waals surface area (Å²) < 4.78 is 14.5. The van der Waals surface area contributed by atoms with Crippen molar-refractivity contribution < 1.29 is 9.18 Å². The van der Waals surface area contributed by atoms with Gasteiger partial charge < -0.3 is 4.90 Å². The molecule has 0 aromatic heterocycles. The number of para-hydroxylation sites is 1. The molecule has 4 heteroatoms. The van der Waals surface area contributed by atoms with Crippen molar-refractivity contribution in [3.8, 4) is 0 Å². The first-order valence-electron chi connectivity index (χ1n) is 8.45. The molecule has 0 radical (unpaired) electrons. The minimum Gasteiger partial charge on any atom is -0.361 e. The molecule has 0 unspecified atom stereocenters. The third-order valence-corrected chi connectivity index (χ3v) is 6.17. The second-order valence-electron chi connectivity index (χ2n) is 6.44. The van der Waals surface area contributed by atoms with E-state index in [0.29, 0.717) is 17.9 Å². The van der Waals surface area contributed by atoms with Gasteiger partial charge in [0.05, 0.1) is 17.6 Å². The van der Waals surface area contributed by atoms with Crippen molar-refractivity contribution in [3.05, 3.63) is 65.5 Å². The van der Waals surface area contributed by atoms with Crippen LogP contribution in [0.3, 0.4) is 0 Å². The molecule has 0 N–H and O–H groups in total. The molecule has 2 aromatic carbocycles. The minimum atomic E-state index is -0.210. The number of fused-ring (bicyclic) bond motifs is 1. The lowest BCUT2D eigenvalue weighted by Gasteiger charge is -2.43. The number of halogens is 1. The Kier molecular flexibility index (Phi) is 4.31. The largest absolute Gasteiger partial charge is 0.361 e. The Bertz CT molecular complexity index is 763. The van der Waals surface area contributed by atoms with Crippen LogP contribution in [-0.2, 0) is 11.2 Å². The maximum Gasteiger partial charge on any atom is 0.146 e. The lowest BCUT2D eigenvalue weighted by atomic mass is 9.82. The number of benzene rings is 2. The maximum absolute atomic E-state index is 14.5. The lowest BCUT2D eigenvalue weighted by Crippen LogP contribution is -2.44. The summed E-state index contributed by atoms with van der Waals surface area (Å²) in [5.41, 5.74) is 3.09. The summed E-state index contributed by atoms with van der Waals surface area (Å²) in [7, 11) is 0. The number of ketones is 1. The molecule has 124 valence electrons. The van der Waals surface area contributed by atoms with Crippen LogP contribution in [0.1, 0.15) is 23.6 Å². The Labute approximate surface area is 146 Å². The first-order valence-corrected chi connectivity index (χ1v) is 9.60. The zero-order chi connectivity index (χ0) is 16.5. The minimum absolute atomic E-state index is 0.0628. The van der Waals surface area contributed by atoms with Crippen molar-refractivity contribution in [2.75, 3.05) is 23.0 Å². The van der Waals surface area contributed by atoms with Crippen molar-refractivity contribution in [1.29, 1.82) is 0 Å². The Morgan fingerprint density at radius 3 is 2.67 bits per heavy atom. The number of hydrogen-bond donors (Lipinski definition) is 0. The van der Waals surface area contributed by atoms with E-state index in [2.05, 4.69) is 17.0 Å². The van der Waals surface area contributed by atoms with Crippen LogP contribution in [-0.4, -0.2) is 23.8 Å². The first kappa shape index (κ1) is 15.7. The number of Topliss-reactive ketones (excluding diaryl/α,β-unsaturated/α-hetero) is 1. The van der Waals surface area contributed by atoms with Crippen LogP contribution in [0.4, 0.5) is 10.1 Å². The Morgan fingerprint density at radius 1 is 1.04 bits per heavy atom. The summed E-state index contributed by atoms with van der Waals surface area (Å²) in [5.74, 6) is 1.77. The average Bonchev–Trinajstić information content (AvgIpc) is 2.62. The lowest BCUT2D eigenvalue weighted by molar-refractivity contribution is -0.122. The zero-order valence-electron chi connectivity index (χ0n) is 13.5. The molecule has 2 nitrogen and oxygen atoms in total.